The zero-order valence-electron chi connectivity index (χ0n) is 16.0. The smallest absolute Gasteiger partial charge is 0.0693 e. The zero-order valence-corrected chi connectivity index (χ0v) is 16.8. The van der Waals surface area contributed by atoms with E-state index in [1.807, 2.05) is 18.3 Å². The van der Waals surface area contributed by atoms with Crippen LogP contribution in [0.5, 0.6) is 0 Å². The highest BCUT2D eigenvalue weighted by Crippen LogP contribution is 2.49. The highest BCUT2D eigenvalue weighted by molar-refractivity contribution is 7.10. The molecular formula is C22H30N2O2S. The van der Waals surface area contributed by atoms with Crippen LogP contribution in [-0.4, -0.2) is 28.8 Å². The van der Waals surface area contributed by atoms with E-state index in [9.17, 15) is 5.11 Å². The van der Waals surface area contributed by atoms with Gasteiger partial charge in [-0.05, 0) is 67.8 Å². The molecule has 1 saturated heterocycles. The van der Waals surface area contributed by atoms with Gasteiger partial charge in [-0.1, -0.05) is 18.9 Å². The second-order valence-electron chi connectivity index (χ2n) is 8.11. The van der Waals surface area contributed by atoms with E-state index in [1.165, 1.54) is 36.3 Å². The van der Waals surface area contributed by atoms with Gasteiger partial charge < -0.3 is 15.2 Å². The predicted octanol–water partition coefficient (Wildman–Crippen LogP) is 4.18. The van der Waals surface area contributed by atoms with Gasteiger partial charge in [-0.15, -0.1) is 11.3 Å². The molecule has 1 saturated carbocycles. The molecule has 0 bridgehead atoms. The molecule has 0 radical (unpaired) electrons. The molecule has 2 N–H and O–H groups in total. The minimum atomic E-state index is 0.0770. The summed E-state index contributed by atoms with van der Waals surface area (Å²) in [7, 11) is 0. The van der Waals surface area contributed by atoms with Crippen molar-refractivity contribution < 1.29 is 9.84 Å². The average molecular weight is 387 g/mol. The summed E-state index contributed by atoms with van der Waals surface area (Å²) >= 11 is 1.72. The summed E-state index contributed by atoms with van der Waals surface area (Å²) in [6, 6.07) is 8.34. The number of pyridine rings is 1. The van der Waals surface area contributed by atoms with Gasteiger partial charge in [0.1, 0.15) is 0 Å². The van der Waals surface area contributed by atoms with Crippen LogP contribution in [0.25, 0.3) is 0 Å². The Hall–Kier alpha value is -1.27. The lowest BCUT2D eigenvalue weighted by Gasteiger charge is -2.46. The number of thiophene rings is 1. The third kappa shape index (κ3) is 4.11. The number of ether oxygens (including phenoxy) is 1. The molecule has 4 nitrogen and oxygen atoms in total. The van der Waals surface area contributed by atoms with Gasteiger partial charge in [0.2, 0.25) is 0 Å². The molecule has 1 spiro atoms. The van der Waals surface area contributed by atoms with E-state index in [1.54, 1.807) is 11.3 Å². The molecule has 146 valence electrons. The molecule has 27 heavy (non-hydrogen) atoms. The topological polar surface area (TPSA) is 54.4 Å². The lowest BCUT2D eigenvalue weighted by Crippen LogP contribution is -2.47. The molecule has 5 heteroatoms. The minimum absolute atomic E-state index is 0.0770. The lowest BCUT2D eigenvalue weighted by molar-refractivity contribution is -0.104. The number of rotatable bonds is 7. The lowest BCUT2D eigenvalue weighted by atomic mass is 9.68. The van der Waals surface area contributed by atoms with E-state index in [0.29, 0.717) is 0 Å². The summed E-state index contributed by atoms with van der Waals surface area (Å²) in [5.74, 6) is 0. The standard InChI is InChI=1S/C22H30N2O2S/c25-16-18-6-14-27-19(18)15-23-12-9-21(20-5-1-4-11-24-20)10-13-26-22(17-21)7-2-3-8-22/h1,4-6,11,14,23,25H,2-3,7-10,12-13,15-17H2. The average Bonchev–Trinajstić information content (AvgIpc) is 3.35. The summed E-state index contributed by atoms with van der Waals surface area (Å²) in [6.07, 6.45) is 10.1. The first kappa shape index (κ1) is 19.1. The van der Waals surface area contributed by atoms with Crippen molar-refractivity contribution in [3.05, 3.63) is 52.0 Å². The SMILES string of the molecule is OCc1ccsc1CNCCC1(c2ccccn2)CCOC2(CCCC2)C1. The molecule has 0 amide bonds. The largest absolute Gasteiger partial charge is 0.392 e. The summed E-state index contributed by atoms with van der Waals surface area (Å²) in [5.41, 5.74) is 2.45. The summed E-state index contributed by atoms with van der Waals surface area (Å²) in [4.78, 5) is 6.01. The maximum absolute atomic E-state index is 9.43. The first-order chi connectivity index (χ1) is 13.3. The third-order valence-corrected chi connectivity index (χ3v) is 7.41. The van der Waals surface area contributed by atoms with Crippen LogP contribution in [-0.2, 0) is 23.3 Å². The number of hydrogen-bond donors (Lipinski definition) is 2. The molecule has 2 aromatic rings. The van der Waals surface area contributed by atoms with Crippen molar-refractivity contribution in [1.29, 1.82) is 0 Å². The van der Waals surface area contributed by atoms with Crippen LogP contribution in [0, 0.1) is 0 Å². The van der Waals surface area contributed by atoms with Gasteiger partial charge in [0.05, 0.1) is 12.2 Å². The van der Waals surface area contributed by atoms with Crippen LogP contribution in [0.1, 0.15) is 61.1 Å². The molecule has 1 aliphatic heterocycles. The number of aromatic nitrogens is 1. The molecular weight excluding hydrogens is 356 g/mol. The maximum atomic E-state index is 9.43. The fourth-order valence-corrected chi connectivity index (χ4v) is 5.85. The summed E-state index contributed by atoms with van der Waals surface area (Å²) in [6.45, 7) is 2.75. The van der Waals surface area contributed by atoms with Crippen LogP contribution < -0.4 is 5.32 Å². The third-order valence-electron chi connectivity index (χ3n) is 6.45. The Bertz CT molecular complexity index is 727. The molecule has 2 aromatic heterocycles. The monoisotopic (exact) mass is 386 g/mol. The molecule has 2 fully saturated rings. The van der Waals surface area contributed by atoms with E-state index in [0.717, 1.165) is 44.5 Å². The Morgan fingerprint density at radius 1 is 1.19 bits per heavy atom. The molecule has 1 atom stereocenters. The maximum Gasteiger partial charge on any atom is 0.0693 e. The first-order valence-electron chi connectivity index (χ1n) is 10.2. The van der Waals surface area contributed by atoms with Crippen LogP contribution in [0.2, 0.25) is 0 Å². The fourth-order valence-electron chi connectivity index (χ4n) is 4.99. The van der Waals surface area contributed by atoms with Crippen LogP contribution in [0.3, 0.4) is 0 Å². The number of nitrogens with one attached hydrogen (secondary N) is 1. The van der Waals surface area contributed by atoms with Crippen molar-refractivity contribution >= 4 is 11.3 Å². The second-order valence-corrected chi connectivity index (χ2v) is 9.12. The van der Waals surface area contributed by atoms with Gasteiger partial charge in [0, 0.05) is 35.3 Å². The first-order valence-corrected chi connectivity index (χ1v) is 11.1. The van der Waals surface area contributed by atoms with Gasteiger partial charge in [0.15, 0.2) is 0 Å². The quantitative estimate of drug-likeness (QED) is 0.701. The number of aliphatic hydroxyl groups is 1. The normalized spacial score (nSPS) is 24.5. The Morgan fingerprint density at radius 3 is 2.85 bits per heavy atom. The Labute approximate surface area is 166 Å². The van der Waals surface area contributed by atoms with Gasteiger partial charge in [-0.25, -0.2) is 0 Å². The highest BCUT2D eigenvalue weighted by Gasteiger charge is 2.48. The van der Waals surface area contributed by atoms with Crippen LogP contribution in [0.15, 0.2) is 35.8 Å². The molecule has 1 aliphatic carbocycles. The van der Waals surface area contributed by atoms with Gasteiger partial charge in [0.25, 0.3) is 0 Å². The van der Waals surface area contributed by atoms with Crippen molar-refractivity contribution in [3.63, 3.8) is 0 Å². The fraction of sp³-hybridized carbons (Fsp3) is 0.591. The van der Waals surface area contributed by atoms with E-state index in [2.05, 4.69) is 22.8 Å². The Morgan fingerprint density at radius 2 is 2.07 bits per heavy atom. The van der Waals surface area contributed by atoms with Crippen molar-refractivity contribution in [3.8, 4) is 0 Å². The van der Waals surface area contributed by atoms with E-state index in [-0.39, 0.29) is 17.6 Å². The minimum Gasteiger partial charge on any atom is -0.392 e. The van der Waals surface area contributed by atoms with Crippen LogP contribution >= 0.6 is 11.3 Å². The summed E-state index contributed by atoms with van der Waals surface area (Å²) in [5, 5.41) is 15.1. The Kier molecular flexibility index (Phi) is 5.93. The Balaban J connectivity index is 1.46. The highest BCUT2D eigenvalue weighted by atomic mass is 32.1. The van der Waals surface area contributed by atoms with Crippen molar-refractivity contribution in [2.75, 3.05) is 13.2 Å². The van der Waals surface area contributed by atoms with Gasteiger partial charge in [-0.3, -0.25) is 4.98 Å². The number of aliphatic hydroxyl groups excluding tert-OH is 1. The second kappa shape index (κ2) is 8.39. The summed E-state index contributed by atoms with van der Waals surface area (Å²) < 4.78 is 6.32. The van der Waals surface area contributed by atoms with Crippen molar-refractivity contribution in [1.82, 2.24) is 10.3 Å². The molecule has 3 heterocycles. The zero-order chi connectivity index (χ0) is 18.6. The molecule has 1 unspecified atom stereocenters. The van der Waals surface area contributed by atoms with Gasteiger partial charge in [-0.2, -0.15) is 0 Å². The number of nitrogens with zero attached hydrogens (tertiary/aromatic N) is 1. The molecule has 0 aromatic carbocycles. The van der Waals surface area contributed by atoms with E-state index >= 15 is 0 Å². The van der Waals surface area contributed by atoms with E-state index in [4.69, 9.17) is 9.72 Å². The number of hydrogen-bond acceptors (Lipinski definition) is 5. The predicted molar refractivity (Wildman–Crippen MR) is 109 cm³/mol. The molecule has 2 aliphatic rings. The van der Waals surface area contributed by atoms with Gasteiger partial charge >= 0.3 is 0 Å². The van der Waals surface area contributed by atoms with Crippen LogP contribution in [0.4, 0.5) is 0 Å². The van der Waals surface area contributed by atoms with E-state index < -0.39 is 0 Å². The van der Waals surface area contributed by atoms with Crippen molar-refractivity contribution in [2.45, 2.75) is 69.1 Å². The molecule has 4 rings (SSSR count). The van der Waals surface area contributed by atoms with Crippen molar-refractivity contribution in [2.24, 2.45) is 0 Å².